The van der Waals surface area contributed by atoms with Gasteiger partial charge in [-0.1, -0.05) is 182 Å². The lowest BCUT2D eigenvalue weighted by Gasteiger charge is -2.57. The minimum atomic E-state index is 0.373. The highest BCUT2D eigenvalue weighted by molar-refractivity contribution is 5.86. The summed E-state index contributed by atoms with van der Waals surface area (Å²) in [6, 6.07) is 94.2. The molecule has 1 heteroatoms. The molecular formula is C70H57N. The van der Waals surface area contributed by atoms with Crippen LogP contribution in [0.1, 0.15) is 44.1 Å². The summed E-state index contributed by atoms with van der Waals surface area (Å²) in [7, 11) is 0. The standard InChI is InChI=1S/C70H57N/c1-5-14-52(15-6-1)60-39-61(53-16-7-2-8-17-53)42-64(41-60)57-26-32-68(33-27-57)71(67-30-24-56(25-31-67)59-22-13-23-66(45-59)70-46-49-36-50(47-70)38-51(37-49)48-70)69-34-28-58(29-35-69)65-43-62(54-18-9-3-10-19-54)40-63(44-65)55-20-11-4-12-21-55/h1-35,39-45,49-51H,36-38,46-48H2. The van der Waals surface area contributed by atoms with Crippen molar-refractivity contribution in [2.45, 2.75) is 43.9 Å². The van der Waals surface area contributed by atoms with Gasteiger partial charge in [0.05, 0.1) is 0 Å². The predicted octanol–water partition coefficient (Wildman–Crippen LogP) is 19.3. The molecule has 342 valence electrons. The fraction of sp³-hybridized carbons (Fsp3) is 0.143. The monoisotopic (exact) mass is 911 g/mol. The summed E-state index contributed by atoms with van der Waals surface area (Å²) in [6.07, 6.45) is 8.55. The largest absolute Gasteiger partial charge is 0.311 e. The van der Waals surface area contributed by atoms with Crippen LogP contribution in [0.25, 0.3) is 77.9 Å². The number of anilines is 3. The average molecular weight is 912 g/mol. The number of benzene rings is 10. The summed E-state index contributed by atoms with van der Waals surface area (Å²) < 4.78 is 0. The quantitative estimate of drug-likeness (QED) is 0.125. The predicted molar refractivity (Wildman–Crippen MR) is 299 cm³/mol. The smallest absolute Gasteiger partial charge is 0.0462 e. The highest BCUT2D eigenvalue weighted by atomic mass is 15.1. The van der Waals surface area contributed by atoms with Crippen molar-refractivity contribution in [3.8, 4) is 77.9 Å². The minimum absolute atomic E-state index is 0.373. The maximum atomic E-state index is 2.54. The van der Waals surface area contributed by atoms with Crippen LogP contribution in [-0.4, -0.2) is 0 Å². The summed E-state index contributed by atoms with van der Waals surface area (Å²) in [6.45, 7) is 0. The average Bonchev–Trinajstić information content (AvgIpc) is 3.44. The van der Waals surface area contributed by atoms with Crippen LogP contribution >= 0.6 is 0 Å². The van der Waals surface area contributed by atoms with Crippen LogP contribution in [0.5, 0.6) is 0 Å². The van der Waals surface area contributed by atoms with Crippen molar-refractivity contribution in [3.63, 3.8) is 0 Å². The van der Waals surface area contributed by atoms with Crippen molar-refractivity contribution in [2.24, 2.45) is 17.8 Å². The Kier molecular flexibility index (Phi) is 11.2. The summed E-state index contributed by atoms with van der Waals surface area (Å²) in [5.41, 5.74) is 22.3. The van der Waals surface area contributed by atoms with Crippen molar-refractivity contribution in [1.82, 2.24) is 0 Å². The van der Waals surface area contributed by atoms with E-state index >= 15 is 0 Å². The van der Waals surface area contributed by atoms with Crippen molar-refractivity contribution < 1.29 is 0 Å². The second-order valence-corrected chi connectivity index (χ2v) is 20.8. The van der Waals surface area contributed by atoms with Gasteiger partial charge in [-0.15, -0.1) is 0 Å². The lowest BCUT2D eigenvalue weighted by molar-refractivity contribution is -0.00516. The van der Waals surface area contributed by atoms with E-state index in [1.165, 1.54) is 116 Å². The van der Waals surface area contributed by atoms with Crippen LogP contribution in [0.15, 0.2) is 255 Å². The number of rotatable bonds is 11. The third-order valence-electron chi connectivity index (χ3n) is 16.2. The second-order valence-electron chi connectivity index (χ2n) is 20.8. The molecule has 71 heavy (non-hydrogen) atoms. The van der Waals surface area contributed by atoms with E-state index in [1.54, 1.807) is 5.56 Å². The van der Waals surface area contributed by atoms with E-state index in [4.69, 9.17) is 0 Å². The Hall–Kier alpha value is -8.00. The number of hydrogen-bond donors (Lipinski definition) is 0. The zero-order chi connectivity index (χ0) is 47.1. The van der Waals surface area contributed by atoms with Gasteiger partial charge in [0.1, 0.15) is 0 Å². The van der Waals surface area contributed by atoms with Gasteiger partial charge in [0, 0.05) is 17.1 Å². The molecule has 4 aliphatic carbocycles. The molecule has 0 saturated heterocycles. The van der Waals surface area contributed by atoms with Crippen LogP contribution in [0, 0.1) is 17.8 Å². The first-order valence-electron chi connectivity index (χ1n) is 25.8. The second kappa shape index (κ2) is 18.4. The third-order valence-corrected chi connectivity index (χ3v) is 16.2. The SMILES string of the molecule is c1ccc(-c2cc(-c3ccccc3)cc(-c3ccc(N(c4ccc(-c5cc(-c6ccccc6)cc(-c6ccccc6)c5)cc4)c4ccc(-c5cccc(C67CC8CC(CC(C8)C6)C7)c5)cc4)cc3)c2)cc1. The molecule has 0 N–H and O–H groups in total. The van der Waals surface area contributed by atoms with E-state index in [0.717, 1.165) is 34.8 Å². The molecule has 4 bridgehead atoms. The molecule has 1 nitrogen and oxygen atoms in total. The maximum absolute atomic E-state index is 2.54. The Balaban J connectivity index is 0.874. The summed E-state index contributed by atoms with van der Waals surface area (Å²) in [4.78, 5) is 2.41. The lowest BCUT2D eigenvalue weighted by Crippen LogP contribution is -2.48. The topological polar surface area (TPSA) is 3.24 Å². The molecule has 0 heterocycles. The molecule has 4 saturated carbocycles. The van der Waals surface area contributed by atoms with Crippen LogP contribution in [0.4, 0.5) is 17.1 Å². The van der Waals surface area contributed by atoms with E-state index in [0.29, 0.717) is 5.41 Å². The molecular weight excluding hydrogens is 855 g/mol. The molecule has 0 aromatic heterocycles. The minimum Gasteiger partial charge on any atom is -0.311 e. The van der Waals surface area contributed by atoms with Gasteiger partial charge < -0.3 is 4.90 Å². The molecule has 0 aliphatic heterocycles. The summed E-state index contributed by atoms with van der Waals surface area (Å²) in [5, 5.41) is 0. The van der Waals surface area contributed by atoms with Crippen LogP contribution in [-0.2, 0) is 5.41 Å². The first-order chi connectivity index (χ1) is 35.1. The molecule has 4 aliphatic rings. The maximum Gasteiger partial charge on any atom is 0.0462 e. The van der Waals surface area contributed by atoms with E-state index < -0.39 is 0 Å². The third kappa shape index (κ3) is 8.61. The van der Waals surface area contributed by atoms with E-state index in [2.05, 4.69) is 260 Å². The molecule has 0 radical (unpaired) electrons. The van der Waals surface area contributed by atoms with E-state index in [-0.39, 0.29) is 0 Å². The molecule has 10 aromatic rings. The van der Waals surface area contributed by atoms with Gasteiger partial charge in [-0.2, -0.15) is 0 Å². The first kappa shape index (κ1) is 43.1. The Morgan fingerprint density at radius 3 is 0.817 bits per heavy atom. The highest BCUT2D eigenvalue weighted by Crippen LogP contribution is 2.61. The lowest BCUT2D eigenvalue weighted by atomic mass is 9.48. The fourth-order valence-electron chi connectivity index (χ4n) is 13.1. The molecule has 0 unspecified atom stereocenters. The molecule has 4 fully saturated rings. The molecule has 0 amide bonds. The van der Waals surface area contributed by atoms with Crippen molar-refractivity contribution in [2.75, 3.05) is 4.90 Å². The molecule has 0 spiro atoms. The summed E-state index contributed by atoms with van der Waals surface area (Å²) >= 11 is 0. The zero-order valence-electron chi connectivity index (χ0n) is 40.2. The summed E-state index contributed by atoms with van der Waals surface area (Å²) in [5.74, 6) is 2.78. The molecule has 10 aromatic carbocycles. The Bertz CT molecular complexity index is 3130. The van der Waals surface area contributed by atoms with Crippen molar-refractivity contribution in [3.05, 3.63) is 260 Å². The normalized spacial score (nSPS) is 18.8. The van der Waals surface area contributed by atoms with Crippen molar-refractivity contribution >= 4 is 17.1 Å². The molecule has 0 atom stereocenters. The number of hydrogen-bond acceptors (Lipinski definition) is 1. The van der Waals surface area contributed by atoms with Crippen molar-refractivity contribution in [1.29, 1.82) is 0 Å². The van der Waals surface area contributed by atoms with Gasteiger partial charge in [-0.3, -0.25) is 0 Å². The number of nitrogens with zero attached hydrogens (tertiary/aromatic N) is 1. The van der Waals surface area contributed by atoms with Crippen LogP contribution in [0.3, 0.4) is 0 Å². The van der Waals surface area contributed by atoms with Gasteiger partial charge in [0.15, 0.2) is 0 Å². The Morgan fingerprint density at radius 2 is 0.507 bits per heavy atom. The van der Waals surface area contributed by atoms with Gasteiger partial charge >= 0.3 is 0 Å². The van der Waals surface area contributed by atoms with E-state index in [9.17, 15) is 0 Å². The highest BCUT2D eigenvalue weighted by Gasteiger charge is 2.51. The van der Waals surface area contributed by atoms with Gasteiger partial charge in [0.2, 0.25) is 0 Å². The van der Waals surface area contributed by atoms with E-state index in [1.807, 2.05) is 0 Å². The zero-order valence-corrected chi connectivity index (χ0v) is 40.2. The van der Waals surface area contributed by atoms with Gasteiger partial charge in [0.25, 0.3) is 0 Å². The molecule has 14 rings (SSSR count). The van der Waals surface area contributed by atoms with Crippen LogP contribution in [0.2, 0.25) is 0 Å². The Morgan fingerprint density at radius 1 is 0.239 bits per heavy atom. The van der Waals surface area contributed by atoms with Crippen LogP contribution < -0.4 is 4.90 Å². The van der Waals surface area contributed by atoms with Gasteiger partial charge in [-0.05, 0) is 218 Å². The van der Waals surface area contributed by atoms with Gasteiger partial charge in [-0.25, -0.2) is 0 Å². The first-order valence-corrected chi connectivity index (χ1v) is 25.8. The fourth-order valence-corrected chi connectivity index (χ4v) is 13.1. The Labute approximate surface area is 419 Å².